The van der Waals surface area contributed by atoms with Crippen LogP contribution in [0, 0.1) is 0 Å². The maximum atomic E-state index is 12.9. The first-order chi connectivity index (χ1) is 16.0. The second-order valence-electron chi connectivity index (χ2n) is 8.31. The Bertz CT molecular complexity index is 1120. The summed E-state index contributed by atoms with van der Waals surface area (Å²) in [5.41, 5.74) is 3.89. The van der Waals surface area contributed by atoms with Gasteiger partial charge in [-0.1, -0.05) is 42.5 Å². The van der Waals surface area contributed by atoms with Crippen molar-refractivity contribution >= 4 is 28.5 Å². The number of aliphatic imine (C=N–C) groups is 1. The van der Waals surface area contributed by atoms with Crippen LogP contribution in [-0.2, 0) is 24.2 Å². The van der Waals surface area contributed by atoms with E-state index in [0.717, 1.165) is 42.9 Å². The van der Waals surface area contributed by atoms with E-state index < -0.39 is 0 Å². The lowest BCUT2D eigenvalue weighted by atomic mass is 10.0. The highest BCUT2D eigenvalue weighted by Gasteiger charge is 2.28. The lowest BCUT2D eigenvalue weighted by Gasteiger charge is -2.27. The van der Waals surface area contributed by atoms with Crippen LogP contribution in [0.15, 0.2) is 59.6 Å². The van der Waals surface area contributed by atoms with E-state index in [4.69, 9.17) is 14.5 Å². The minimum Gasteiger partial charge on any atom is -0.490 e. The molecule has 1 aromatic heterocycles. The van der Waals surface area contributed by atoms with Crippen molar-refractivity contribution < 1.29 is 14.3 Å². The zero-order valence-corrected chi connectivity index (χ0v) is 20.2. The predicted molar refractivity (Wildman–Crippen MR) is 134 cm³/mol. The Morgan fingerprint density at radius 2 is 1.91 bits per heavy atom. The van der Waals surface area contributed by atoms with Gasteiger partial charge >= 0.3 is 5.97 Å². The van der Waals surface area contributed by atoms with Crippen LogP contribution in [0.1, 0.15) is 52.7 Å². The summed E-state index contributed by atoms with van der Waals surface area (Å²) in [5, 5.41) is 0.708. The molecule has 0 radical (unpaired) electrons. The average molecular weight is 463 g/mol. The Labute approximate surface area is 199 Å². The number of para-hydroxylation sites is 1. The minimum absolute atomic E-state index is 0.0688. The van der Waals surface area contributed by atoms with Crippen LogP contribution in [0.5, 0.6) is 5.75 Å². The van der Waals surface area contributed by atoms with Gasteiger partial charge in [0, 0.05) is 36.3 Å². The van der Waals surface area contributed by atoms with Gasteiger partial charge in [0.15, 0.2) is 0 Å². The fourth-order valence-electron chi connectivity index (χ4n) is 4.00. The first-order valence-electron chi connectivity index (χ1n) is 11.4. The highest BCUT2D eigenvalue weighted by molar-refractivity contribution is 7.16. The molecule has 0 N–H and O–H groups in total. The Morgan fingerprint density at radius 1 is 1.15 bits per heavy atom. The van der Waals surface area contributed by atoms with Crippen molar-refractivity contribution in [1.29, 1.82) is 0 Å². The van der Waals surface area contributed by atoms with Gasteiger partial charge in [0.1, 0.15) is 10.8 Å². The number of ether oxygens (including phenoxy) is 2. The molecule has 0 spiro atoms. The van der Waals surface area contributed by atoms with Crippen LogP contribution in [0.2, 0.25) is 0 Å². The van der Waals surface area contributed by atoms with Crippen LogP contribution in [0.4, 0.5) is 5.00 Å². The first kappa shape index (κ1) is 23.2. The van der Waals surface area contributed by atoms with Crippen LogP contribution in [0.3, 0.4) is 0 Å². The first-order valence-corrected chi connectivity index (χ1v) is 12.2. The molecule has 2 heterocycles. The SMILES string of the molecule is CCOC(=O)c1c(N=Cc2ccccc2OC(C)C)sc2c1CCN(Cc1ccccc1)C2. The number of benzene rings is 2. The summed E-state index contributed by atoms with van der Waals surface area (Å²) in [6, 6.07) is 18.3. The number of carbonyl (C=O) groups is 1. The molecule has 5 nitrogen and oxygen atoms in total. The van der Waals surface area contributed by atoms with Gasteiger partial charge in [-0.05, 0) is 50.5 Å². The molecule has 0 atom stereocenters. The molecule has 0 saturated heterocycles. The van der Waals surface area contributed by atoms with E-state index in [-0.39, 0.29) is 12.1 Å². The van der Waals surface area contributed by atoms with Crippen LogP contribution in [0.25, 0.3) is 0 Å². The second kappa shape index (κ2) is 10.8. The summed E-state index contributed by atoms with van der Waals surface area (Å²) < 4.78 is 11.3. The van der Waals surface area contributed by atoms with Crippen molar-refractivity contribution in [2.45, 2.75) is 46.4 Å². The topological polar surface area (TPSA) is 51.1 Å². The fourth-order valence-corrected chi connectivity index (χ4v) is 5.22. The van der Waals surface area contributed by atoms with Gasteiger partial charge in [-0.2, -0.15) is 0 Å². The fraction of sp³-hybridized carbons (Fsp3) is 0.333. The van der Waals surface area contributed by atoms with Crippen molar-refractivity contribution in [1.82, 2.24) is 4.90 Å². The number of carbonyl (C=O) groups excluding carboxylic acids is 1. The van der Waals surface area contributed by atoms with E-state index >= 15 is 0 Å². The molecule has 4 rings (SSSR count). The van der Waals surface area contributed by atoms with Crippen LogP contribution in [-0.4, -0.2) is 36.3 Å². The molecule has 0 saturated carbocycles. The number of thiophene rings is 1. The third-order valence-electron chi connectivity index (χ3n) is 5.45. The number of fused-ring (bicyclic) bond motifs is 1. The molecule has 2 aromatic carbocycles. The average Bonchev–Trinajstić information content (AvgIpc) is 3.16. The van der Waals surface area contributed by atoms with E-state index in [1.165, 1.54) is 10.4 Å². The maximum absolute atomic E-state index is 12.9. The Kier molecular flexibility index (Phi) is 7.57. The van der Waals surface area contributed by atoms with Crippen LogP contribution >= 0.6 is 11.3 Å². The summed E-state index contributed by atoms with van der Waals surface area (Å²) in [4.78, 5) is 21.2. The lowest BCUT2D eigenvalue weighted by molar-refractivity contribution is 0.0526. The number of hydrogen-bond acceptors (Lipinski definition) is 6. The van der Waals surface area contributed by atoms with Gasteiger partial charge in [0.2, 0.25) is 0 Å². The summed E-state index contributed by atoms with van der Waals surface area (Å²) >= 11 is 1.59. The summed E-state index contributed by atoms with van der Waals surface area (Å²) in [7, 11) is 0. The van der Waals surface area contributed by atoms with E-state index in [1.54, 1.807) is 17.6 Å². The predicted octanol–water partition coefficient (Wildman–Crippen LogP) is 6.02. The molecule has 0 bridgehead atoms. The quantitative estimate of drug-likeness (QED) is 0.303. The van der Waals surface area contributed by atoms with E-state index in [2.05, 4.69) is 29.2 Å². The van der Waals surface area contributed by atoms with Crippen molar-refractivity contribution in [2.75, 3.05) is 13.2 Å². The van der Waals surface area contributed by atoms with E-state index in [1.807, 2.05) is 51.1 Å². The zero-order chi connectivity index (χ0) is 23.2. The maximum Gasteiger partial charge on any atom is 0.341 e. The molecule has 0 unspecified atom stereocenters. The van der Waals surface area contributed by atoms with E-state index in [9.17, 15) is 4.79 Å². The van der Waals surface area contributed by atoms with Gasteiger partial charge in [-0.3, -0.25) is 4.90 Å². The van der Waals surface area contributed by atoms with E-state index in [0.29, 0.717) is 17.2 Å². The highest BCUT2D eigenvalue weighted by Crippen LogP contribution is 2.40. The number of nitrogens with zero attached hydrogens (tertiary/aromatic N) is 2. The number of rotatable bonds is 8. The Morgan fingerprint density at radius 3 is 2.67 bits per heavy atom. The van der Waals surface area contributed by atoms with Gasteiger partial charge < -0.3 is 9.47 Å². The Balaban J connectivity index is 1.62. The molecule has 6 heteroatoms. The molecular formula is C27H30N2O3S. The normalized spacial score (nSPS) is 13.9. The molecule has 0 amide bonds. The molecule has 172 valence electrons. The van der Waals surface area contributed by atoms with Crippen molar-refractivity contribution in [2.24, 2.45) is 4.99 Å². The second-order valence-corrected chi connectivity index (χ2v) is 9.40. The molecule has 3 aromatic rings. The highest BCUT2D eigenvalue weighted by atomic mass is 32.1. The standard InChI is InChI=1S/C27H30N2O3S/c1-4-31-27(30)25-22-14-15-29(17-20-10-6-5-7-11-20)18-24(22)33-26(25)28-16-21-12-8-9-13-23(21)32-19(2)3/h5-13,16,19H,4,14-15,17-18H2,1-3H3. The molecule has 0 fully saturated rings. The zero-order valence-electron chi connectivity index (χ0n) is 19.4. The molecule has 33 heavy (non-hydrogen) atoms. The van der Waals surface area contributed by atoms with Gasteiger partial charge in [0.05, 0.1) is 18.3 Å². The molecule has 1 aliphatic heterocycles. The molecule has 1 aliphatic rings. The third kappa shape index (κ3) is 5.70. The lowest BCUT2D eigenvalue weighted by Crippen LogP contribution is -2.29. The minimum atomic E-state index is -0.287. The summed E-state index contributed by atoms with van der Waals surface area (Å²) in [6.45, 7) is 8.79. The number of esters is 1. The molecular weight excluding hydrogens is 432 g/mol. The molecule has 0 aliphatic carbocycles. The van der Waals surface area contributed by atoms with Crippen molar-refractivity contribution in [3.8, 4) is 5.75 Å². The largest absolute Gasteiger partial charge is 0.490 e. The van der Waals surface area contributed by atoms with Gasteiger partial charge in [-0.25, -0.2) is 9.79 Å². The number of hydrogen-bond donors (Lipinski definition) is 0. The van der Waals surface area contributed by atoms with Crippen molar-refractivity contribution in [3.63, 3.8) is 0 Å². The summed E-state index contributed by atoms with van der Waals surface area (Å²) in [5.74, 6) is 0.495. The monoisotopic (exact) mass is 462 g/mol. The Hall–Kier alpha value is -2.96. The summed E-state index contributed by atoms with van der Waals surface area (Å²) in [6.07, 6.45) is 2.67. The van der Waals surface area contributed by atoms with Gasteiger partial charge in [0.25, 0.3) is 0 Å². The van der Waals surface area contributed by atoms with Crippen molar-refractivity contribution in [3.05, 3.63) is 81.7 Å². The van der Waals surface area contributed by atoms with Gasteiger partial charge in [-0.15, -0.1) is 11.3 Å². The third-order valence-corrected chi connectivity index (χ3v) is 6.57. The van der Waals surface area contributed by atoms with Crippen LogP contribution < -0.4 is 4.74 Å². The smallest absolute Gasteiger partial charge is 0.341 e.